The van der Waals surface area contributed by atoms with Gasteiger partial charge in [0.15, 0.2) is 0 Å². The van der Waals surface area contributed by atoms with Gasteiger partial charge in [-0.25, -0.2) is 4.39 Å². The predicted molar refractivity (Wildman–Crippen MR) is 76.0 cm³/mol. The Balaban J connectivity index is 2.55. The molecule has 19 heavy (non-hydrogen) atoms. The Labute approximate surface area is 113 Å². The van der Waals surface area contributed by atoms with Crippen LogP contribution < -0.4 is 0 Å². The van der Waals surface area contributed by atoms with Crippen molar-refractivity contribution < 1.29 is 9.18 Å². The Morgan fingerprint density at radius 3 is 2.37 bits per heavy atom. The molecule has 0 aliphatic rings. The molecule has 0 heterocycles. The lowest BCUT2D eigenvalue weighted by atomic mass is 9.95. The molecule has 0 saturated heterocycles. The summed E-state index contributed by atoms with van der Waals surface area (Å²) in [4.78, 5) is 10.8. The summed E-state index contributed by atoms with van der Waals surface area (Å²) in [5.41, 5.74) is 4.33. The molecule has 0 spiro atoms. The van der Waals surface area contributed by atoms with Crippen LogP contribution in [-0.4, -0.2) is 6.29 Å². The zero-order valence-electron chi connectivity index (χ0n) is 11.2. The van der Waals surface area contributed by atoms with Crippen molar-refractivity contribution >= 4 is 6.29 Å². The van der Waals surface area contributed by atoms with Crippen LogP contribution in [0.1, 0.15) is 35.3 Å². The van der Waals surface area contributed by atoms with Crippen LogP contribution in [-0.2, 0) is 12.8 Å². The van der Waals surface area contributed by atoms with E-state index in [0.29, 0.717) is 11.1 Å². The van der Waals surface area contributed by atoms with Crippen LogP contribution in [0.25, 0.3) is 11.1 Å². The van der Waals surface area contributed by atoms with Crippen molar-refractivity contribution in [1.29, 1.82) is 0 Å². The first kappa shape index (κ1) is 13.5. The van der Waals surface area contributed by atoms with Crippen molar-refractivity contribution in [2.45, 2.75) is 26.7 Å². The van der Waals surface area contributed by atoms with Crippen molar-refractivity contribution in [1.82, 2.24) is 0 Å². The second-order valence-electron chi connectivity index (χ2n) is 4.55. The number of rotatable bonds is 4. The van der Waals surface area contributed by atoms with E-state index in [-0.39, 0.29) is 5.82 Å². The van der Waals surface area contributed by atoms with Crippen molar-refractivity contribution in [3.05, 3.63) is 58.9 Å². The number of aryl methyl sites for hydroxylation is 2. The van der Waals surface area contributed by atoms with Crippen molar-refractivity contribution in [2.24, 2.45) is 0 Å². The molecule has 0 unspecified atom stereocenters. The van der Waals surface area contributed by atoms with Gasteiger partial charge in [0.25, 0.3) is 0 Å². The fraction of sp³-hybridized carbons (Fsp3) is 0.235. The molecule has 0 N–H and O–H groups in total. The Kier molecular flexibility index (Phi) is 4.10. The highest BCUT2D eigenvalue weighted by Gasteiger charge is 2.08. The Hall–Kier alpha value is -1.96. The predicted octanol–water partition coefficient (Wildman–Crippen LogP) is 4.43. The SMILES string of the molecule is CCc1ccc(-c2cc(C=O)ccc2F)cc1CC. The molecular formula is C17H17FO. The molecule has 0 aromatic heterocycles. The molecule has 1 nitrogen and oxygen atoms in total. The number of aldehydes is 1. The zero-order valence-corrected chi connectivity index (χ0v) is 11.2. The van der Waals surface area contributed by atoms with Gasteiger partial charge in [-0.05, 0) is 47.7 Å². The minimum atomic E-state index is -0.295. The van der Waals surface area contributed by atoms with Gasteiger partial charge < -0.3 is 0 Å². The first-order valence-corrected chi connectivity index (χ1v) is 6.56. The summed E-state index contributed by atoms with van der Waals surface area (Å²) in [5, 5.41) is 0. The lowest BCUT2D eigenvalue weighted by Crippen LogP contribution is -1.94. The summed E-state index contributed by atoms with van der Waals surface area (Å²) in [6.45, 7) is 4.21. The van der Waals surface area contributed by atoms with Crippen LogP contribution in [0.15, 0.2) is 36.4 Å². The molecule has 0 aliphatic heterocycles. The zero-order chi connectivity index (χ0) is 13.8. The monoisotopic (exact) mass is 256 g/mol. The summed E-state index contributed by atoms with van der Waals surface area (Å²) in [6, 6.07) is 10.4. The number of hydrogen-bond donors (Lipinski definition) is 0. The first-order chi connectivity index (χ1) is 9.19. The molecule has 2 aromatic carbocycles. The van der Waals surface area contributed by atoms with Gasteiger partial charge in [-0.1, -0.05) is 32.0 Å². The Morgan fingerprint density at radius 1 is 1.00 bits per heavy atom. The van der Waals surface area contributed by atoms with Crippen LogP contribution in [0, 0.1) is 5.82 Å². The molecule has 0 amide bonds. The summed E-state index contributed by atoms with van der Waals surface area (Å²) >= 11 is 0. The molecular weight excluding hydrogens is 239 g/mol. The highest BCUT2D eigenvalue weighted by molar-refractivity contribution is 5.79. The van der Waals surface area contributed by atoms with Gasteiger partial charge in [0.2, 0.25) is 0 Å². The number of hydrogen-bond acceptors (Lipinski definition) is 1. The summed E-state index contributed by atoms with van der Waals surface area (Å²) in [7, 11) is 0. The van der Waals surface area contributed by atoms with E-state index in [0.717, 1.165) is 24.7 Å². The van der Waals surface area contributed by atoms with E-state index < -0.39 is 0 Å². The second-order valence-corrected chi connectivity index (χ2v) is 4.55. The van der Waals surface area contributed by atoms with Gasteiger partial charge in [0, 0.05) is 11.1 Å². The van der Waals surface area contributed by atoms with E-state index in [9.17, 15) is 9.18 Å². The molecule has 0 bridgehead atoms. The Bertz CT molecular complexity index is 602. The minimum absolute atomic E-state index is 0.295. The molecule has 0 atom stereocenters. The number of carbonyl (C=O) groups is 1. The number of benzene rings is 2. The average molecular weight is 256 g/mol. The van der Waals surface area contributed by atoms with Crippen molar-refractivity contribution in [3.8, 4) is 11.1 Å². The average Bonchev–Trinajstić information content (AvgIpc) is 2.47. The van der Waals surface area contributed by atoms with Crippen molar-refractivity contribution in [3.63, 3.8) is 0 Å². The highest BCUT2D eigenvalue weighted by Crippen LogP contribution is 2.26. The third-order valence-corrected chi connectivity index (χ3v) is 3.41. The van der Waals surface area contributed by atoms with E-state index in [1.807, 2.05) is 18.2 Å². The smallest absolute Gasteiger partial charge is 0.150 e. The third-order valence-electron chi connectivity index (χ3n) is 3.41. The maximum Gasteiger partial charge on any atom is 0.150 e. The molecule has 2 heteroatoms. The van der Waals surface area contributed by atoms with E-state index in [2.05, 4.69) is 13.8 Å². The second kappa shape index (κ2) is 5.79. The van der Waals surface area contributed by atoms with Gasteiger partial charge in [0.1, 0.15) is 12.1 Å². The van der Waals surface area contributed by atoms with E-state index in [4.69, 9.17) is 0 Å². The fourth-order valence-corrected chi connectivity index (χ4v) is 2.30. The van der Waals surface area contributed by atoms with Crippen LogP contribution in [0.2, 0.25) is 0 Å². The van der Waals surface area contributed by atoms with Gasteiger partial charge >= 0.3 is 0 Å². The van der Waals surface area contributed by atoms with E-state index in [1.165, 1.54) is 23.3 Å². The quantitative estimate of drug-likeness (QED) is 0.739. The summed E-state index contributed by atoms with van der Waals surface area (Å²) in [6.07, 6.45) is 2.64. The lowest BCUT2D eigenvalue weighted by Gasteiger charge is -2.10. The van der Waals surface area contributed by atoms with Gasteiger partial charge in [0.05, 0.1) is 0 Å². The molecule has 0 radical (unpaired) electrons. The summed E-state index contributed by atoms with van der Waals surface area (Å²) < 4.78 is 13.9. The highest BCUT2D eigenvalue weighted by atomic mass is 19.1. The normalized spacial score (nSPS) is 10.5. The standard InChI is InChI=1S/C17H17FO/c1-3-13-6-7-15(10-14(13)4-2)16-9-12(11-19)5-8-17(16)18/h5-11H,3-4H2,1-2H3. The largest absolute Gasteiger partial charge is 0.298 e. The molecule has 0 aliphatic carbocycles. The number of halogens is 1. The third kappa shape index (κ3) is 2.73. The minimum Gasteiger partial charge on any atom is -0.298 e. The molecule has 0 saturated carbocycles. The lowest BCUT2D eigenvalue weighted by molar-refractivity contribution is 0.112. The maximum atomic E-state index is 13.9. The molecule has 0 fully saturated rings. The molecule has 2 aromatic rings. The number of carbonyl (C=O) groups excluding carboxylic acids is 1. The van der Waals surface area contributed by atoms with Crippen LogP contribution in [0.4, 0.5) is 4.39 Å². The van der Waals surface area contributed by atoms with Gasteiger partial charge in [-0.2, -0.15) is 0 Å². The van der Waals surface area contributed by atoms with Crippen LogP contribution in [0.5, 0.6) is 0 Å². The van der Waals surface area contributed by atoms with Crippen molar-refractivity contribution in [2.75, 3.05) is 0 Å². The summed E-state index contributed by atoms with van der Waals surface area (Å²) in [5.74, 6) is -0.295. The van der Waals surface area contributed by atoms with Gasteiger partial charge in [-0.3, -0.25) is 4.79 Å². The Morgan fingerprint density at radius 2 is 1.74 bits per heavy atom. The van der Waals surface area contributed by atoms with E-state index in [1.54, 1.807) is 6.07 Å². The van der Waals surface area contributed by atoms with Crippen LogP contribution >= 0.6 is 0 Å². The molecule has 98 valence electrons. The fourth-order valence-electron chi connectivity index (χ4n) is 2.30. The van der Waals surface area contributed by atoms with Crippen LogP contribution in [0.3, 0.4) is 0 Å². The van der Waals surface area contributed by atoms with E-state index >= 15 is 0 Å². The first-order valence-electron chi connectivity index (χ1n) is 6.56. The topological polar surface area (TPSA) is 17.1 Å². The molecule has 2 rings (SSSR count). The maximum absolute atomic E-state index is 13.9. The van der Waals surface area contributed by atoms with Gasteiger partial charge in [-0.15, -0.1) is 0 Å².